The van der Waals surface area contributed by atoms with Crippen molar-refractivity contribution in [2.24, 2.45) is 0 Å². The number of rotatable bonds is 5. The van der Waals surface area contributed by atoms with Gasteiger partial charge < -0.3 is 4.90 Å². The van der Waals surface area contributed by atoms with Crippen LogP contribution >= 0.6 is 27.3 Å². The molecule has 1 aromatic heterocycles. The number of amides is 1. The molecule has 0 spiro atoms. The number of nitrogens with one attached hydrogen (secondary N) is 1. The second-order valence-corrected chi connectivity index (χ2v) is 11.4. The number of sulfonamides is 1. The molecule has 1 atom stereocenters. The van der Waals surface area contributed by atoms with E-state index in [1.165, 1.54) is 11.3 Å². The van der Waals surface area contributed by atoms with Gasteiger partial charge in [-0.1, -0.05) is 30.3 Å². The molecule has 2 aromatic carbocycles. The molecule has 0 aliphatic carbocycles. The van der Waals surface area contributed by atoms with E-state index in [1.54, 1.807) is 17.0 Å². The van der Waals surface area contributed by atoms with Crippen molar-refractivity contribution >= 4 is 48.9 Å². The Balaban J connectivity index is 1.57. The van der Waals surface area contributed by atoms with Gasteiger partial charge in [0, 0.05) is 23.8 Å². The van der Waals surface area contributed by atoms with E-state index in [-0.39, 0.29) is 22.7 Å². The monoisotopic (exact) mass is 490 g/mol. The van der Waals surface area contributed by atoms with Gasteiger partial charge in [0.2, 0.25) is 10.0 Å². The van der Waals surface area contributed by atoms with E-state index in [9.17, 15) is 13.2 Å². The molecule has 4 rings (SSSR count). The average Bonchev–Trinajstić information content (AvgIpc) is 3.29. The Hall–Kier alpha value is -2.00. The minimum absolute atomic E-state index is 0.0435. The van der Waals surface area contributed by atoms with E-state index >= 15 is 0 Å². The van der Waals surface area contributed by atoms with Crippen molar-refractivity contribution in [2.45, 2.75) is 30.1 Å². The number of thiophene rings is 1. The number of hydrogen-bond acceptors (Lipinski definition) is 4. The number of carbonyl (C=O) groups is 1. The lowest BCUT2D eigenvalue weighted by atomic mass is 10.1. The standard InChI is InChI=1S/C21H19BrN2O3S2/c1-14-11-17-8-7-15(13-23-29(26,27)20-10-9-19(22)28-20)12-18(17)24(14)21(25)16-5-3-2-4-6-16/h2-10,12,14,23H,11,13H2,1H3/t14-/m0/s1. The number of hydrogen-bond donors (Lipinski definition) is 1. The van der Waals surface area contributed by atoms with Gasteiger partial charge in [-0.3, -0.25) is 4.79 Å². The van der Waals surface area contributed by atoms with Crippen molar-refractivity contribution in [3.8, 4) is 0 Å². The molecule has 5 nitrogen and oxygen atoms in total. The second kappa shape index (κ2) is 8.02. The van der Waals surface area contributed by atoms with E-state index < -0.39 is 10.0 Å². The zero-order valence-electron chi connectivity index (χ0n) is 15.6. The summed E-state index contributed by atoms with van der Waals surface area (Å²) in [5.74, 6) is -0.0435. The summed E-state index contributed by atoms with van der Waals surface area (Å²) in [4.78, 5) is 14.9. The third-order valence-electron chi connectivity index (χ3n) is 4.88. The molecule has 2 heterocycles. The van der Waals surface area contributed by atoms with Gasteiger partial charge in [-0.25, -0.2) is 13.1 Å². The maximum atomic E-state index is 13.0. The summed E-state index contributed by atoms with van der Waals surface area (Å²) >= 11 is 4.45. The summed E-state index contributed by atoms with van der Waals surface area (Å²) in [6.07, 6.45) is 0.781. The van der Waals surface area contributed by atoms with Crippen LogP contribution in [0.25, 0.3) is 0 Å². The SMILES string of the molecule is C[C@H]1Cc2ccc(CNS(=O)(=O)c3ccc(Br)s3)cc2N1C(=O)c1ccccc1. The fourth-order valence-electron chi connectivity index (χ4n) is 3.48. The molecular weight excluding hydrogens is 472 g/mol. The molecule has 0 bridgehead atoms. The van der Waals surface area contributed by atoms with Gasteiger partial charge in [0.05, 0.1) is 3.79 Å². The van der Waals surface area contributed by atoms with E-state index in [1.807, 2.05) is 55.5 Å². The second-order valence-electron chi connectivity index (χ2n) is 6.94. The van der Waals surface area contributed by atoms with Gasteiger partial charge in [-0.05, 0) is 70.7 Å². The zero-order valence-corrected chi connectivity index (χ0v) is 18.9. The highest BCUT2D eigenvalue weighted by Gasteiger charge is 2.31. The highest BCUT2D eigenvalue weighted by Crippen LogP contribution is 2.34. The largest absolute Gasteiger partial charge is 0.305 e. The maximum Gasteiger partial charge on any atom is 0.258 e. The lowest BCUT2D eigenvalue weighted by molar-refractivity contribution is 0.0981. The molecular formula is C21H19BrN2O3S2. The highest BCUT2D eigenvalue weighted by molar-refractivity contribution is 9.11. The molecule has 0 saturated carbocycles. The van der Waals surface area contributed by atoms with Crippen LogP contribution in [0.2, 0.25) is 0 Å². The van der Waals surface area contributed by atoms with Crippen LogP contribution in [0.5, 0.6) is 0 Å². The Morgan fingerprint density at radius 2 is 1.93 bits per heavy atom. The lowest BCUT2D eigenvalue weighted by Gasteiger charge is -2.23. The summed E-state index contributed by atoms with van der Waals surface area (Å²) in [5, 5.41) is 0. The summed E-state index contributed by atoms with van der Waals surface area (Å²) < 4.78 is 28.6. The first-order chi connectivity index (χ1) is 13.8. The molecule has 1 aliphatic heterocycles. The van der Waals surface area contributed by atoms with Crippen molar-refractivity contribution in [2.75, 3.05) is 4.90 Å². The number of fused-ring (bicyclic) bond motifs is 1. The van der Waals surface area contributed by atoms with E-state index in [2.05, 4.69) is 20.7 Å². The molecule has 1 aliphatic rings. The Morgan fingerprint density at radius 1 is 1.17 bits per heavy atom. The fourth-order valence-corrected chi connectivity index (χ4v) is 6.56. The van der Waals surface area contributed by atoms with Gasteiger partial charge in [0.15, 0.2) is 0 Å². The van der Waals surface area contributed by atoms with E-state index in [0.717, 1.165) is 27.0 Å². The molecule has 0 unspecified atom stereocenters. The van der Waals surface area contributed by atoms with Crippen molar-refractivity contribution in [3.63, 3.8) is 0 Å². The van der Waals surface area contributed by atoms with Crippen LogP contribution in [0.4, 0.5) is 5.69 Å². The first-order valence-corrected chi connectivity index (χ1v) is 12.2. The summed E-state index contributed by atoms with van der Waals surface area (Å²) in [7, 11) is -3.58. The van der Waals surface area contributed by atoms with Crippen LogP contribution in [0, 0.1) is 0 Å². The van der Waals surface area contributed by atoms with Crippen LogP contribution in [-0.4, -0.2) is 20.4 Å². The predicted octanol–water partition coefficient (Wildman–Crippen LogP) is 4.58. The molecule has 1 amide bonds. The van der Waals surface area contributed by atoms with Crippen LogP contribution in [-0.2, 0) is 23.0 Å². The smallest absolute Gasteiger partial charge is 0.258 e. The van der Waals surface area contributed by atoms with Crippen molar-refractivity contribution in [1.82, 2.24) is 4.72 Å². The van der Waals surface area contributed by atoms with Gasteiger partial charge in [0.25, 0.3) is 5.91 Å². The molecule has 8 heteroatoms. The van der Waals surface area contributed by atoms with E-state index in [0.29, 0.717) is 5.56 Å². The third-order valence-corrected chi connectivity index (χ3v) is 8.40. The van der Waals surface area contributed by atoms with Gasteiger partial charge in [-0.2, -0.15) is 0 Å². The average molecular weight is 491 g/mol. The molecule has 3 aromatic rings. The molecule has 1 N–H and O–H groups in total. The first kappa shape index (κ1) is 20.3. The molecule has 29 heavy (non-hydrogen) atoms. The minimum Gasteiger partial charge on any atom is -0.305 e. The van der Waals surface area contributed by atoms with Crippen LogP contribution in [0.3, 0.4) is 0 Å². The highest BCUT2D eigenvalue weighted by atomic mass is 79.9. The minimum atomic E-state index is -3.58. The Kier molecular flexibility index (Phi) is 5.61. The maximum absolute atomic E-state index is 13.0. The number of halogens is 1. The zero-order chi connectivity index (χ0) is 20.6. The van der Waals surface area contributed by atoms with Crippen LogP contribution in [0.1, 0.15) is 28.4 Å². The van der Waals surface area contributed by atoms with Crippen LogP contribution in [0.15, 0.2) is 68.7 Å². The third kappa shape index (κ3) is 4.16. The Morgan fingerprint density at radius 3 is 2.62 bits per heavy atom. The Labute approximate surface area is 182 Å². The summed E-state index contributed by atoms with van der Waals surface area (Å²) in [6.45, 7) is 2.19. The van der Waals surface area contributed by atoms with Crippen molar-refractivity contribution < 1.29 is 13.2 Å². The lowest BCUT2D eigenvalue weighted by Crippen LogP contribution is -2.35. The number of benzene rings is 2. The van der Waals surface area contributed by atoms with E-state index in [4.69, 9.17) is 0 Å². The quantitative estimate of drug-likeness (QED) is 0.568. The van der Waals surface area contributed by atoms with Gasteiger partial charge in [0.1, 0.15) is 4.21 Å². The van der Waals surface area contributed by atoms with Crippen LogP contribution < -0.4 is 9.62 Å². The molecule has 0 saturated heterocycles. The first-order valence-electron chi connectivity index (χ1n) is 9.10. The molecule has 0 fully saturated rings. The normalized spacial score (nSPS) is 16.1. The number of carbonyl (C=O) groups excluding carboxylic acids is 1. The van der Waals surface area contributed by atoms with Crippen molar-refractivity contribution in [3.05, 3.63) is 81.1 Å². The summed E-state index contributed by atoms with van der Waals surface area (Å²) in [6, 6.07) is 18.3. The Bertz CT molecular complexity index is 1160. The summed E-state index contributed by atoms with van der Waals surface area (Å²) in [5.41, 5.74) is 3.39. The predicted molar refractivity (Wildman–Crippen MR) is 119 cm³/mol. The fraction of sp³-hybridized carbons (Fsp3) is 0.190. The molecule has 150 valence electrons. The molecule has 0 radical (unpaired) electrons. The van der Waals surface area contributed by atoms with Gasteiger partial charge >= 0.3 is 0 Å². The van der Waals surface area contributed by atoms with Crippen molar-refractivity contribution in [1.29, 1.82) is 0 Å². The van der Waals surface area contributed by atoms with Gasteiger partial charge in [-0.15, -0.1) is 11.3 Å². The topological polar surface area (TPSA) is 66.5 Å². The number of anilines is 1. The number of nitrogens with zero attached hydrogens (tertiary/aromatic N) is 1.